The summed E-state index contributed by atoms with van der Waals surface area (Å²) in [6, 6.07) is 9.97. The van der Waals surface area contributed by atoms with Crippen LogP contribution < -0.4 is 15.4 Å². The van der Waals surface area contributed by atoms with Crippen LogP contribution >= 0.6 is 24.0 Å². The Morgan fingerprint density at radius 2 is 2.04 bits per heavy atom. The highest BCUT2D eigenvalue weighted by atomic mass is 127. The highest BCUT2D eigenvalue weighted by molar-refractivity contribution is 14.0. The molecule has 0 aliphatic heterocycles. The maximum atomic E-state index is 5.69. The van der Waals surface area contributed by atoms with E-state index < -0.39 is 0 Å². The molecule has 2 N–H and O–H groups in total. The van der Waals surface area contributed by atoms with Crippen LogP contribution in [-0.4, -0.2) is 42.0 Å². The SMILES string of the molecule is CCNC(=NCCn1cccn1)NCCOc1ccc(C)cc1.I. The Balaban J connectivity index is 0.00000288. The topological polar surface area (TPSA) is 63.5 Å². The molecular weight excluding hydrogens is 417 g/mol. The minimum absolute atomic E-state index is 0. The zero-order valence-corrected chi connectivity index (χ0v) is 16.6. The Kier molecular flexibility index (Phi) is 9.90. The van der Waals surface area contributed by atoms with Gasteiger partial charge in [0.25, 0.3) is 0 Å². The molecule has 6 nitrogen and oxygen atoms in total. The number of aromatic nitrogens is 2. The lowest BCUT2D eigenvalue weighted by molar-refractivity contribution is 0.322. The Morgan fingerprint density at radius 3 is 2.71 bits per heavy atom. The largest absolute Gasteiger partial charge is 0.492 e. The second kappa shape index (κ2) is 11.7. The fourth-order valence-electron chi connectivity index (χ4n) is 2.01. The van der Waals surface area contributed by atoms with Crippen LogP contribution in [0.1, 0.15) is 12.5 Å². The number of rotatable bonds is 8. The first-order valence-electron chi connectivity index (χ1n) is 7.97. The quantitative estimate of drug-likeness (QED) is 0.285. The Labute approximate surface area is 160 Å². The maximum absolute atomic E-state index is 5.69. The Morgan fingerprint density at radius 1 is 1.25 bits per heavy atom. The molecule has 0 amide bonds. The van der Waals surface area contributed by atoms with E-state index in [1.807, 2.05) is 48.1 Å². The lowest BCUT2D eigenvalue weighted by Gasteiger charge is -2.12. The summed E-state index contributed by atoms with van der Waals surface area (Å²) in [6.07, 6.45) is 3.71. The molecule has 0 radical (unpaired) electrons. The van der Waals surface area contributed by atoms with E-state index in [9.17, 15) is 0 Å². The van der Waals surface area contributed by atoms with Crippen molar-refractivity contribution in [3.63, 3.8) is 0 Å². The number of nitrogens with zero attached hydrogens (tertiary/aromatic N) is 3. The number of benzene rings is 1. The number of aliphatic imine (C=N–C) groups is 1. The molecule has 1 heterocycles. The highest BCUT2D eigenvalue weighted by Crippen LogP contribution is 2.10. The normalized spacial score (nSPS) is 10.8. The van der Waals surface area contributed by atoms with Gasteiger partial charge in [-0.05, 0) is 32.0 Å². The number of ether oxygens (including phenoxy) is 1. The molecule has 1 aromatic heterocycles. The fourth-order valence-corrected chi connectivity index (χ4v) is 2.01. The summed E-state index contributed by atoms with van der Waals surface area (Å²) in [4.78, 5) is 4.52. The molecule has 0 saturated heterocycles. The van der Waals surface area contributed by atoms with Crippen molar-refractivity contribution >= 4 is 29.9 Å². The first kappa shape index (κ1) is 20.3. The molecule has 2 aromatic rings. The molecule has 0 fully saturated rings. The molecule has 1 aromatic carbocycles. The van der Waals surface area contributed by atoms with E-state index in [1.54, 1.807) is 6.20 Å². The van der Waals surface area contributed by atoms with Crippen molar-refractivity contribution in [3.8, 4) is 5.75 Å². The van der Waals surface area contributed by atoms with E-state index in [2.05, 4.69) is 27.6 Å². The van der Waals surface area contributed by atoms with Crippen LogP contribution in [0, 0.1) is 6.92 Å². The molecular formula is C17H26IN5O. The molecule has 0 spiro atoms. The average molecular weight is 443 g/mol. The van der Waals surface area contributed by atoms with Gasteiger partial charge in [-0.2, -0.15) is 5.10 Å². The van der Waals surface area contributed by atoms with Crippen molar-refractivity contribution in [1.29, 1.82) is 0 Å². The number of hydrogen-bond acceptors (Lipinski definition) is 3. The van der Waals surface area contributed by atoms with E-state index in [1.165, 1.54) is 5.56 Å². The Hall–Kier alpha value is -1.77. The van der Waals surface area contributed by atoms with Crippen molar-refractivity contribution < 1.29 is 4.74 Å². The summed E-state index contributed by atoms with van der Waals surface area (Å²) in [7, 11) is 0. The minimum Gasteiger partial charge on any atom is -0.492 e. The van der Waals surface area contributed by atoms with E-state index in [-0.39, 0.29) is 24.0 Å². The molecule has 0 bridgehead atoms. The number of aryl methyl sites for hydroxylation is 1. The first-order valence-corrected chi connectivity index (χ1v) is 7.97. The Bertz CT molecular complexity index is 584. The molecule has 0 aliphatic carbocycles. The third-order valence-corrected chi connectivity index (χ3v) is 3.19. The van der Waals surface area contributed by atoms with Crippen LogP contribution in [0.5, 0.6) is 5.75 Å². The molecule has 0 atom stereocenters. The van der Waals surface area contributed by atoms with Gasteiger partial charge in [-0.3, -0.25) is 9.67 Å². The monoisotopic (exact) mass is 443 g/mol. The third kappa shape index (κ3) is 7.67. The van der Waals surface area contributed by atoms with Crippen molar-refractivity contribution in [2.24, 2.45) is 4.99 Å². The van der Waals surface area contributed by atoms with Gasteiger partial charge < -0.3 is 15.4 Å². The minimum atomic E-state index is 0. The second-order valence-electron chi connectivity index (χ2n) is 5.12. The van der Waals surface area contributed by atoms with Gasteiger partial charge in [-0.1, -0.05) is 17.7 Å². The van der Waals surface area contributed by atoms with Gasteiger partial charge in [0, 0.05) is 18.9 Å². The van der Waals surface area contributed by atoms with Gasteiger partial charge >= 0.3 is 0 Å². The highest BCUT2D eigenvalue weighted by Gasteiger charge is 1.98. The van der Waals surface area contributed by atoms with Gasteiger partial charge in [0.05, 0.1) is 19.6 Å². The molecule has 2 rings (SSSR count). The zero-order chi connectivity index (χ0) is 16.3. The van der Waals surface area contributed by atoms with E-state index >= 15 is 0 Å². The van der Waals surface area contributed by atoms with Crippen molar-refractivity contribution in [2.45, 2.75) is 20.4 Å². The van der Waals surface area contributed by atoms with Gasteiger partial charge in [0.2, 0.25) is 0 Å². The fraction of sp³-hybridized carbons (Fsp3) is 0.412. The predicted octanol–water partition coefficient (Wildman–Crippen LogP) is 2.44. The van der Waals surface area contributed by atoms with Crippen LogP contribution in [0.25, 0.3) is 0 Å². The molecule has 0 aliphatic rings. The lowest BCUT2D eigenvalue weighted by Crippen LogP contribution is -2.39. The van der Waals surface area contributed by atoms with E-state index in [0.717, 1.165) is 24.8 Å². The van der Waals surface area contributed by atoms with Crippen LogP contribution in [-0.2, 0) is 6.54 Å². The summed E-state index contributed by atoms with van der Waals surface area (Å²) < 4.78 is 7.56. The van der Waals surface area contributed by atoms with Crippen molar-refractivity contribution in [3.05, 3.63) is 48.3 Å². The number of guanidine groups is 1. The molecule has 24 heavy (non-hydrogen) atoms. The summed E-state index contributed by atoms with van der Waals surface area (Å²) in [5.41, 5.74) is 1.23. The standard InChI is InChI=1S/C17H25N5O.HI/c1-3-18-17(19-10-13-22-12-4-9-21-22)20-11-14-23-16-7-5-15(2)6-8-16;/h4-9,12H,3,10-11,13-14H2,1-2H3,(H2,18,19,20);1H. The van der Waals surface area contributed by atoms with Gasteiger partial charge in [0.15, 0.2) is 5.96 Å². The molecule has 0 unspecified atom stereocenters. The summed E-state index contributed by atoms with van der Waals surface area (Å²) in [5, 5.41) is 10.6. The zero-order valence-electron chi connectivity index (χ0n) is 14.2. The van der Waals surface area contributed by atoms with Crippen molar-refractivity contribution in [2.75, 3.05) is 26.2 Å². The van der Waals surface area contributed by atoms with Crippen molar-refractivity contribution in [1.82, 2.24) is 20.4 Å². The maximum Gasteiger partial charge on any atom is 0.191 e. The van der Waals surface area contributed by atoms with Gasteiger partial charge in [-0.15, -0.1) is 24.0 Å². The number of hydrogen-bond donors (Lipinski definition) is 2. The lowest BCUT2D eigenvalue weighted by atomic mass is 10.2. The van der Waals surface area contributed by atoms with E-state index in [0.29, 0.717) is 19.7 Å². The average Bonchev–Trinajstić information content (AvgIpc) is 3.06. The van der Waals surface area contributed by atoms with Gasteiger partial charge in [-0.25, -0.2) is 0 Å². The van der Waals surface area contributed by atoms with Crippen LogP contribution in [0.3, 0.4) is 0 Å². The number of halogens is 1. The van der Waals surface area contributed by atoms with Crippen LogP contribution in [0.15, 0.2) is 47.7 Å². The molecule has 0 saturated carbocycles. The second-order valence-corrected chi connectivity index (χ2v) is 5.12. The first-order chi connectivity index (χ1) is 11.3. The van der Waals surface area contributed by atoms with Crippen LogP contribution in [0.4, 0.5) is 0 Å². The molecule has 7 heteroatoms. The predicted molar refractivity (Wildman–Crippen MR) is 108 cm³/mol. The van der Waals surface area contributed by atoms with Crippen LogP contribution in [0.2, 0.25) is 0 Å². The van der Waals surface area contributed by atoms with E-state index in [4.69, 9.17) is 4.74 Å². The number of nitrogens with one attached hydrogen (secondary N) is 2. The molecule has 132 valence electrons. The summed E-state index contributed by atoms with van der Waals surface area (Å²) >= 11 is 0. The summed E-state index contributed by atoms with van der Waals surface area (Å²) in [6.45, 7) is 7.67. The smallest absolute Gasteiger partial charge is 0.191 e. The summed E-state index contributed by atoms with van der Waals surface area (Å²) in [5.74, 6) is 1.69. The third-order valence-electron chi connectivity index (χ3n) is 3.19. The van der Waals surface area contributed by atoms with Gasteiger partial charge in [0.1, 0.15) is 12.4 Å².